The lowest BCUT2D eigenvalue weighted by Gasteiger charge is -2.25. The molecule has 0 radical (unpaired) electrons. The van der Waals surface area contributed by atoms with Crippen molar-refractivity contribution in [2.75, 3.05) is 10.8 Å². The van der Waals surface area contributed by atoms with Gasteiger partial charge in [0.1, 0.15) is 0 Å². The molecule has 0 aliphatic carbocycles. The van der Waals surface area contributed by atoms with E-state index in [4.69, 9.17) is 5.73 Å². The number of aryl methyl sites for hydroxylation is 1. The van der Waals surface area contributed by atoms with Crippen LogP contribution in [0.1, 0.15) is 30.0 Å². The van der Waals surface area contributed by atoms with Crippen molar-refractivity contribution in [1.82, 2.24) is 0 Å². The molecule has 1 aliphatic rings. The topological polar surface area (TPSA) is 63.4 Å². The lowest BCUT2D eigenvalue weighted by atomic mass is 10.0. The number of nitrogens with zero attached hydrogens (tertiary/aromatic N) is 1. The van der Waals surface area contributed by atoms with E-state index in [2.05, 4.69) is 0 Å². The van der Waals surface area contributed by atoms with Crippen LogP contribution >= 0.6 is 0 Å². The van der Waals surface area contributed by atoms with Crippen LogP contribution in [0.3, 0.4) is 0 Å². The summed E-state index contributed by atoms with van der Waals surface area (Å²) < 4.78 is 27.5. The molecule has 0 saturated carbocycles. The summed E-state index contributed by atoms with van der Waals surface area (Å²) >= 11 is 0. The van der Waals surface area contributed by atoms with E-state index in [1.54, 1.807) is 12.1 Å². The molecule has 1 heterocycles. The number of fused-ring (bicyclic) bond motifs is 1. The summed E-state index contributed by atoms with van der Waals surface area (Å²) in [6, 6.07) is 14.4. The molecule has 1 aliphatic heterocycles. The van der Waals surface area contributed by atoms with Gasteiger partial charge in [-0.3, -0.25) is 4.31 Å². The lowest BCUT2D eigenvalue weighted by Crippen LogP contribution is -2.31. The Morgan fingerprint density at radius 1 is 1.09 bits per heavy atom. The third-order valence-corrected chi connectivity index (χ3v) is 5.92. The smallest absolute Gasteiger partial charge is 0.264 e. The maximum Gasteiger partial charge on any atom is 0.264 e. The van der Waals surface area contributed by atoms with Crippen LogP contribution in [0.15, 0.2) is 53.4 Å². The molecule has 22 heavy (non-hydrogen) atoms. The number of nitrogens with two attached hydrogens (primary N) is 1. The SMILES string of the molecule is Cc1ccc(S(=O)(=O)N2CCC[C@H](N)c3ccccc32)cc1. The highest BCUT2D eigenvalue weighted by molar-refractivity contribution is 7.92. The maximum atomic E-state index is 13.0. The van der Waals surface area contributed by atoms with Crippen LogP contribution < -0.4 is 10.0 Å². The molecule has 3 rings (SSSR count). The molecule has 2 aromatic carbocycles. The molecule has 1 atom stereocenters. The summed E-state index contributed by atoms with van der Waals surface area (Å²) in [6.45, 7) is 2.40. The van der Waals surface area contributed by atoms with Gasteiger partial charge in [-0.05, 0) is 43.5 Å². The van der Waals surface area contributed by atoms with Gasteiger partial charge in [0.2, 0.25) is 0 Å². The fourth-order valence-electron chi connectivity index (χ4n) is 2.85. The highest BCUT2D eigenvalue weighted by atomic mass is 32.2. The minimum absolute atomic E-state index is 0.116. The van der Waals surface area contributed by atoms with Crippen molar-refractivity contribution >= 4 is 15.7 Å². The molecule has 0 unspecified atom stereocenters. The molecule has 0 saturated heterocycles. The standard InChI is InChI=1S/C17H20N2O2S/c1-13-8-10-14(11-9-13)22(20,21)19-12-4-6-16(18)15-5-2-3-7-17(15)19/h2-3,5,7-11,16H,4,6,12,18H2,1H3/t16-/m0/s1. The van der Waals surface area contributed by atoms with Gasteiger partial charge in [0.25, 0.3) is 10.0 Å². The molecule has 0 amide bonds. The monoisotopic (exact) mass is 316 g/mol. The summed E-state index contributed by atoms with van der Waals surface area (Å²) in [4.78, 5) is 0.323. The number of para-hydroxylation sites is 1. The fourth-order valence-corrected chi connectivity index (χ4v) is 4.38. The molecule has 116 valence electrons. The first-order chi connectivity index (χ1) is 10.5. The van der Waals surface area contributed by atoms with Gasteiger partial charge in [0.05, 0.1) is 10.6 Å². The van der Waals surface area contributed by atoms with Crippen LogP contribution in [0, 0.1) is 6.92 Å². The molecule has 0 spiro atoms. The summed E-state index contributed by atoms with van der Waals surface area (Å²) in [5.74, 6) is 0. The first kappa shape index (κ1) is 15.1. The van der Waals surface area contributed by atoms with Gasteiger partial charge in [0.15, 0.2) is 0 Å². The van der Waals surface area contributed by atoms with E-state index >= 15 is 0 Å². The van der Waals surface area contributed by atoms with E-state index < -0.39 is 10.0 Å². The van der Waals surface area contributed by atoms with Crippen LogP contribution in [0.5, 0.6) is 0 Å². The van der Waals surface area contributed by atoms with Crippen LogP contribution in [0.2, 0.25) is 0 Å². The van der Waals surface area contributed by atoms with E-state index in [1.807, 2.05) is 43.3 Å². The Morgan fingerprint density at radius 2 is 1.77 bits per heavy atom. The van der Waals surface area contributed by atoms with Crippen molar-refractivity contribution < 1.29 is 8.42 Å². The highest BCUT2D eigenvalue weighted by Crippen LogP contribution is 2.34. The average molecular weight is 316 g/mol. The Hall–Kier alpha value is -1.85. The van der Waals surface area contributed by atoms with Gasteiger partial charge in [-0.1, -0.05) is 35.9 Å². The Balaban J connectivity index is 2.10. The van der Waals surface area contributed by atoms with E-state index in [0.29, 0.717) is 17.1 Å². The second kappa shape index (κ2) is 5.74. The molecule has 4 nitrogen and oxygen atoms in total. The van der Waals surface area contributed by atoms with E-state index in [1.165, 1.54) is 4.31 Å². The second-order valence-electron chi connectivity index (χ2n) is 5.70. The Bertz CT molecular complexity index is 770. The van der Waals surface area contributed by atoms with E-state index in [-0.39, 0.29) is 6.04 Å². The molecule has 0 bridgehead atoms. The molecular formula is C17H20N2O2S. The lowest BCUT2D eigenvalue weighted by molar-refractivity contribution is 0.586. The number of hydrogen-bond donors (Lipinski definition) is 1. The van der Waals surface area contributed by atoms with Crippen molar-refractivity contribution in [3.63, 3.8) is 0 Å². The molecular weight excluding hydrogens is 296 g/mol. The molecule has 5 heteroatoms. The summed E-state index contributed by atoms with van der Waals surface area (Å²) in [6.07, 6.45) is 1.54. The molecule has 0 fully saturated rings. The second-order valence-corrected chi connectivity index (χ2v) is 7.56. The number of sulfonamides is 1. The van der Waals surface area contributed by atoms with E-state index in [0.717, 1.165) is 24.0 Å². The minimum Gasteiger partial charge on any atom is -0.324 e. The van der Waals surface area contributed by atoms with Crippen molar-refractivity contribution in [3.8, 4) is 0 Å². The summed E-state index contributed by atoms with van der Waals surface area (Å²) in [7, 11) is -3.56. The van der Waals surface area contributed by atoms with Crippen LogP contribution in [0.4, 0.5) is 5.69 Å². The third kappa shape index (κ3) is 2.62. The molecule has 2 N–H and O–H groups in total. The molecule has 0 aromatic heterocycles. The predicted octanol–water partition coefficient (Wildman–Crippen LogP) is 2.98. The predicted molar refractivity (Wildman–Crippen MR) is 88.3 cm³/mol. The average Bonchev–Trinajstić information content (AvgIpc) is 2.68. The van der Waals surface area contributed by atoms with Gasteiger partial charge in [-0.15, -0.1) is 0 Å². The number of benzene rings is 2. The van der Waals surface area contributed by atoms with Gasteiger partial charge in [0, 0.05) is 12.6 Å². The number of rotatable bonds is 2. The zero-order valence-electron chi connectivity index (χ0n) is 12.6. The quantitative estimate of drug-likeness (QED) is 0.926. The van der Waals surface area contributed by atoms with Gasteiger partial charge >= 0.3 is 0 Å². The maximum absolute atomic E-state index is 13.0. The summed E-state index contributed by atoms with van der Waals surface area (Å²) in [5.41, 5.74) is 8.83. The summed E-state index contributed by atoms with van der Waals surface area (Å²) in [5, 5.41) is 0. The Labute approximate surface area is 131 Å². The zero-order valence-corrected chi connectivity index (χ0v) is 13.4. The van der Waals surface area contributed by atoms with Gasteiger partial charge < -0.3 is 5.73 Å². The third-order valence-electron chi connectivity index (χ3n) is 4.09. The number of anilines is 1. The largest absolute Gasteiger partial charge is 0.324 e. The first-order valence-corrected chi connectivity index (χ1v) is 8.88. The van der Waals surface area contributed by atoms with Crippen molar-refractivity contribution in [2.45, 2.75) is 30.7 Å². The van der Waals surface area contributed by atoms with Crippen molar-refractivity contribution in [3.05, 3.63) is 59.7 Å². The molecule has 2 aromatic rings. The normalized spacial score (nSPS) is 18.6. The first-order valence-electron chi connectivity index (χ1n) is 7.44. The van der Waals surface area contributed by atoms with Crippen molar-refractivity contribution in [2.24, 2.45) is 5.73 Å². The van der Waals surface area contributed by atoms with Gasteiger partial charge in [-0.2, -0.15) is 0 Å². The van der Waals surface area contributed by atoms with Crippen LogP contribution in [-0.4, -0.2) is 15.0 Å². The minimum atomic E-state index is -3.56. The highest BCUT2D eigenvalue weighted by Gasteiger charge is 2.29. The zero-order chi connectivity index (χ0) is 15.7. The van der Waals surface area contributed by atoms with Gasteiger partial charge in [-0.25, -0.2) is 8.42 Å². The Kier molecular flexibility index (Phi) is 3.93. The Morgan fingerprint density at radius 3 is 2.50 bits per heavy atom. The van der Waals surface area contributed by atoms with Crippen LogP contribution in [-0.2, 0) is 10.0 Å². The van der Waals surface area contributed by atoms with E-state index in [9.17, 15) is 8.42 Å². The number of hydrogen-bond acceptors (Lipinski definition) is 3. The van der Waals surface area contributed by atoms with Crippen molar-refractivity contribution in [1.29, 1.82) is 0 Å². The fraction of sp³-hybridized carbons (Fsp3) is 0.294. The van der Waals surface area contributed by atoms with Crippen LogP contribution in [0.25, 0.3) is 0 Å².